The predicted octanol–water partition coefficient (Wildman–Crippen LogP) is 4.06. The van der Waals surface area contributed by atoms with Crippen LogP contribution in [-0.2, 0) is 9.53 Å². The first-order valence-electron chi connectivity index (χ1n) is 11.4. The van der Waals surface area contributed by atoms with Gasteiger partial charge < -0.3 is 15.0 Å². The van der Waals surface area contributed by atoms with Crippen molar-refractivity contribution in [3.63, 3.8) is 0 Å². The minimum atomic E-state index is -0.509. The number of anilines is 1. The highest BCUT2D eigenvalue weighted by atomic mass is 16.5. The van der Waals surface area contributed by atoms with Gasteiger partial charge in [-0.3, -0.25) is 9.59 Å². The van der Waals surface area contributed by atoms with Crippen LogP contribution in [-0.4, -0.2) is 46.5 Å². The molecular weight excluding hydrogens is 390 g/mol. The van der Waals surface area contributed by atoms with E-state index in [1.54, 1.807) is 0 Å². The van der Waals surface area contributed by atoms with E-state index in [4.69, 9.17) is 4.74 Å². The summed E-state index contributed by atoms with van der Waals surface area (Å²) in [6, 6.07) is 13.2. The number of ether oxygens (including phenoxy) is 1. The molecule has 2 aromatic rings. The van der Waals surface area contributed by atoms with Gasteiger partial charge in [-0.2, -0.15) is 0 Å². The van der Waals surface area contributed by atoms with Crippen molar-refractivity contribution in [2.75, 3.05) is 18.5 Å². The Morgan fingerprint density at radius 2 is 1.97 bits per heavy atom. The van der Waals surface area contributed by atoms with Gasteiger partial charge in [0.1, 0.15) is 5.82 Å². The summed E-state index contributed by atoms with van der Waals surface area (Å²) in [6.07, 6.45) is 5.74. The summed E-state index contributed by atoms with van der Waals surface area (Å²) in [5.41, 5.74) is 1.82. The smallest absolute Gasteiger partial charge is 0.254 e. The maximum atomic E-state index is 13.8. The fourth-order valence-corrected chi connectivity index (χ4v) is 5.74. The van der Waals surface area contributed by atoms with E-state index in [2.05, 4.69) is 10.3 Å². The van der Waals surface area contributed by atoms with Gasteiger partial charge in [0.2, 0.25) is 5.91 Å². The van der Waals surface area contributed by atoms with E-state index in [1.807, 2.05) is 54.3 Å². The number of aromatic nitrogens is 1. The van der Waals surface area contributed by atoms with Gasteiger partial charge in [-0.1, -0.05) is 37.1 Å². The molecule has 2 fully saturated rings. The highest BCUT2D eigenvalue weighted by Gasteiger charge is 2.56. The van der Waals surface area contributed by atoms with Crippen LogP contribution in [0.4, 0.5) is 5.82 Å². The van der Waals surface area contributed by atoms with Gasteiger partial charge in [-0.05, 0) is 56.4 Å². The summed E-state index contributed by atoms with van der Waals surface area (Å²) < 4.78 is 5.89. The highest BCUT2D eigenvalue weighted by Crippen LogP contribution is 2.50. The van der Waals surface area contributed by atoms with Gasteiger partial charge in [-0.15, -0.1) is 0 Å². The third kappa shape index (κ3) is 3.53. The molecule has 1 saturated heterocycles. The molecule has 1 aromatic carbocycles. The normalized spacial score (nSPS) is 24.4. The second-order valence-corrected chi connectivity index (χ2v) is 9.04. The Bertz CT molecular complexity index is 993. The van der Waals surface area contributed by atoms with Crippen molar-refractivity contribution in [3.05, 3.63) is 59.3 Å². The van der Waals surface area contributed by atoms with Crippen molar-refractivity contribution in [3.8, 4) is 0 Å². The van der Waals surface area contributed by atoms with E-state index in [-0.39, 0.29) is 17.9 Å². The van der Waals surface area contributed by atoms with Crippen LogP contribution in [0.1, 0.15) is 66.1 Å². The number of benzene rings is 1. The quantitative estimate of drug-likeness (QED) is 0.811. The monoisotopic (exact) mass is 419 g/mol. The van der Waals surface area contributed by atoms with Crippen LogP contribution in [0.2, 0.25) is 0 Å². The zero-order chi connectivity index (χ0) is 21.4. The van der Waals surface area contributed by atoms with Crippen molar-refractivity contribution >= 4 is 17.6 Å². The first kappa shape index (κ1) is 20.2. The number of nitrogens with zero attached hydrogens (tertiary/aromatic N) is 2. The molecule has 6 heteroatoms. The molecule has 1 aromatic heterocycles. The molecule has 0 unspecified atom stereocenters. The summed E-state index contributed by atoms with van der Waals surface area (Å²) in [5.74, 6) is 0.0776. The zero-order valence-electron chi connectivity index (χ0n) is 18.0. The second-order valence-electron chi connectivity index (χ2n) is 9.04. The lowest BCUT2D eigenvalue weighted by atomic mass is 9.71. The molecule has 2 atom stereocenters. The summed E-state index contributed by atoms with van der Waals surface area (Å²) in [5, 5.41) is 3.05. The van der Waals surface area contributed by atoms with Crippen LogP contribution in [0.15, 0.2) is 42.5 Å². The van der Waals surface area contributed by atoms with Crippen LogP contribution in [0, 0.1) is 6.92 Å². The van der Waals surface area contributed by atoms with Crippen LogP contribution in [0.5, 0.6) is 0 Å². The Labute approximate surface area is 183 Å². The van der Waals surface area contributed by atoms with Gasteiger partial charge in [-0.25, -0.2) is 4.98 Å². The average Bonchev–Trinajstić information content (AvgIpc) is 3.44. The number of aryl methyl sites for hydroxylation is 1. The number of rotatable bonds is 4. The lowest BCUT2D eigenvalue weighted by Crippen LogP contribution is -2.61. The van der Waals surface area contributed by atoms with Crippen LogP contribution in [0.3, 0.4) is 0 Å². The second kappa shape index (κ2) is 8.08. The summed E-state index contributed by atoms with van der Waals surface area (Å²) in [6.45, 7) is 3.21. The van der Waals surface area contributed by atoms with Crippen molar-refractivity contribution in [1.29, 1.82) is 0 Å². The molecule has 31 heavy (non-hydrogen) atoms. The predicted molar refractivity (Wildman–Crippen MR) is 118 cm³/mol. The molecular formula is C25H29N3O3. The van der Waals surface area contributed by atoms with Crippen LogP contribution >= 0.6 is 0 Å². The average molecular weight is 420 g/mol. The number of carbonyl (C=O) groups is 2. The van der Waals surface area contributed by atoms with Crippen molar-refractivity contribution < 1.29 is 14.3 Å². The van der Waals surface area contributed by atoms with E-state index in [1.165, 1.54) is 0 Å². The van der Waals surface area contributed by atoms with Crippen molar-refractivity contribution in [2.45, 2.75) is 63.0 Å². The SMILES string of the molecule is Cc1cccc(NC(=O)[C@@H]2c3ccccc3C(=O)N(C[C@@H]3CCCO3)C23CCCC3)n1. The van der Waals surface area contributed by atoms with E-state index >= 15 is 0 Å². The molecule has 0 bridgehead atoms. The van der Waals surface area contributed by atoms with E-state index in [0.29, 0.717) is 17.9 Å². The van der Waals surface area contributed by atoms with Gasteiger partial charge in [0.15, 0.2) is 0 Å². The fraction of sp³-hybridized carbons (Fsp3) is 0.480. The topological polar surface area (TPSA) is 71.5 Å². The van der Waals surface area contributed by atoms with Gasteiger partial charge in [0, 0.05) is 24.4 Å². The summed E-state index contributed by atoms with van der Waals surface area (Å²) >= 11 is 0. The molecule has 1 aliphatic carbocycles. The molecule has 2 aliphatic heterocycles. The van der Waals surface area contributed by atoms with Gasteiger partial charge in [0.05, 0.1) is 17.6 Å². The highest BCUT2D eigenvalue weighted by molar-refractivity contribution is 6.05. The number of nitrogens with one attached hydrogen (secondary N) is 1. The number of pyridine rings is 1. The molecule has 0 radical (unpaired) electrons. The van der Waals surface area contributed by atoms with Crippen molar-refractivity contribution in [2.24, 2.45) is 0 Å². The Morgan fingerprint density at radius 1 is 1.16 bits per heavy atom. The molecule has 1 saturated carbocycles. The van der Waals surface area contributed by atoms with E-state index < -0.39 is 11.5 Å². The molecule has 1 N–H and O–H groups in total. The van der Waals surface area contributed by atoms with Crippen LogP contribution in [0.25, 0.3) is 0 Å². The number of fused-ring (bicyclic) bond motifs is 1. The first-order valence-corrected chi connectivity index (χ1v) is 11.4. The minimum absolute atomic E-state index is 0.0331. The molecule has 5 rings (SSSR count). The molecule has 3 heterocycles. The number of amides is 2. The number of hydrogen-bond acceptors (Lipinski definition) is 4. The molecule has 6 nitrogen and oxygen atoms in total. The van der Waals surface area contributed by atoms with Gasteiger partial charge >= 0.3 is 0 Å². The maximum Gasteiger partial charge on any atom is 0.254 e. The molecule has 2 amide bonds. The number of carbonyl (C=O) groups excluding carboxylic acids is 2. The van der Waals surface area contributed by atoms with E-state index in [0.717, 1.165) is 56.4 Å². The zero-order valence-corrected chi connectivity index (χ0v) is 18.0. The van der Waals surface area contributed by atoms with Crippen molar-refractivity contribution in [1.82, 2.24) is 9.88 Å². The third-order valence-corrected chi connectivity index (χ3v) is 7.10. The lowest BCUT2D eigenvalue weighted by Gasteiger charge is -2.50. The van der Waals surface area contributed by atoms with Crippen LogP contribution < -0.4 is 5.32 Å². The minimum Gasteiger partial charge on any atom is -0.376 e. The van der Waals surface area contributed by atoms with Gasteiger partial charge in [0.25, 0.3) is 5.91 Å². The summed E-state index contributed by atoms with van der Waals surface area (Å²) in [7, 11) is 0. The Morgan fingerprint density at radius 3 is 2.71 bits per heavy atom. The lowest BCUT2D eigenvalue weighted by molar-refractivity contribution is -0.121. The third-order valence-electron chi connectivity index (χ3n) is 7.10. The first-order chi connectivity index (χ1) is 15.1. The largest absolute Gasteiger partial charge is 0.376 e. The summed E-state index contributed by atoms with van der Waals surface area (Å²) in [4.78, 5) is 33.9. The molecule has 162 valence electrons. The standard InChI is InChI=1S/C25H29N3O3/c1-17-8-6-12-21(26-17)27-23(29)22-19-10-2-3-11-20(19)24(30)28(16-18-9-7-15-31-18)25(22)13-4-5-14-25/h2-3,6,8,10-12,18,22H,4-5,7,9,13-16H2,1H3,(H,26,27,29)/t18-,22-/m0/s1. The fourth-order valence-electron chi connectivity index (χ4n) is 5.74. The Hall–Kier alpha value is -2.73. The maximum absolute atomic E-state index is 13.8. The van der Waals surface area contributed by atoms with E-state index in [9.17, 15) is 9.59 Å². The molecule has 1 spiro atoms. The number of hydrogen-bond donors (Lipinski definition) is 1. The molecule has 3 aliphatic rings. The Kier molecular flexibility index (Phi) is 5.26. The Balaban J connectivity index is 1.57.